The number of esters is 1. The van der Waals surface area contributed by atoms with Crippen molar-refractivity contribution >= 4 is 17.6 Å². The van der Waals surface area contributed by atoms with Gasteiger partial charge in [0.15, 0.2) is 5.92 Å². The normalized spacial score (nSPS) is 19.3. The van der Waals surface area contributed by atoms with Gasteiger partial charge in [-0.2, -0.15) is 5.26 Å². The van der Waals surface area contributed by atoms with Crippen molar-refractivity contribution < 1.29 is 14.3 Å². The number of halogens is 1. The zero-order valence-corrected chi connectivity index (χ0v) is 15.5. The summed E-state index contributed by atoms with van der Waals surface area (Å²) in [5, 5.41) is 10.5. The smallest absolute Gasteiger partial charge is 0.324 e. The first kappa shape index (κ1) is 18.3. The molecule has 0 aromatic heterocycles. The van der Waals surface area contributed by atoms with Gasteiger partial charge in [0, 0.05) is 10.4 Å². The number of rotatable bonds is 5. The third-order valence-corrected chi connectivity index (χ3v) is 5.34. The number of carbonyl (C=O) groups is 1. The Morgan fingerprint density at radius 3 is 2.65 bits per heavy atom. The number of aryl methyl sites for hydroxylation is 1. The van der Waals surface area contributed by atoms with Gasteiger partial charge in [0.25, 0.3) is 0 Å². The van der Waals surface area contributed by atoms with E-state index in [0.29, 0.717) is 11.4 Å². The number of ether oxygens (including phenoxy) is 2. The first-order chi connectivity index (χ1) is 12.6. The molecule has 2 atom stereocenters. The number of benzene rings is 2. The minimum absolute atomic E-state index is 0.239. The van der Waals surface area contributed by atoms with E-state index < -0.39 is 17.3 Å². The molecule has 0 N–H and O–H groups in total. The molecule has 0 aliphatic heterocycles. The quantitative estimate of drug-likeness (QED) is 0.738. The molecule has 0 radical (unpaired) electrons. The number of fused-ring (bicyclic) bond motifs is 1. The van der Waals surface area contributed by atoms with Crippen LogP contribution in [0.3, 0.4) is 0 Å². The molecule has 0 amide bonds. The summed E-state index contributed by atoms with van der Waals surface area (Å²) in [4.78, 5) is 12.6. The van der Waals surface area contributed by atoms with Gasteiger partial charge in [0.1, 0.15) is 5.75 Å². The predicted molar refractivity (Wildman–Crippen MR) is 99.3 cm³/mol. The highest BCUT2D eigenvalue weighted by Crippen LogP contribution is 2.50. The second-order valence-corrected chi connectivity index (χ2v) is 6.75. The second-order valence-electron chi connectivity index (χ2n) is 6.32. The molecular weight excluding hydrogens is 350 g/mol. The molecule has 2 aromatic carbocycles. The molecule has 0 heterocycles. The Morgan fingerprint density at radius 2 is 2.04 bits per heavy atom. The first-order valence-corrected chi connectivity index (χ1v) is 8.94. The number of methoxy groups -OCH3 is 1. The van der Waals surface area contributed by atoms with Gasteiger partial charge in [0.05, 0.1) is 19.8 Å². The summed E-state index contributed by atoms with van der Waals surface area (Å²) < 4.78 is 10.6. The van der Waals surface area contributed by atoms with Gasteiger partial charge in [-0.1, -0.05) is 29.8 Å². The highest BCUT2D eigenvalue weighted by Gasteiger charge is 2.50. The average molecular weight is 370 g/mol. The molecule has 5 heteroatoms. The maximum absolute atomic E-state index is 12.6. The van der Waals surface area contributed by atoms with Gasteiger partial charge in [0.2, 0.25) is 0 Å². The lowest BCUT2D eigenvalue weighted by molar-refractivity contribution is -0.147. The van der Waals surface area contributed by atoms with Crippen LogP contribution in [0.15, 0.2) is 42.5 Å². The number of hydrogen-bond donors (Lipinski definition) is 0. The minimum atomic E-state index is -0.932. The van der Waals surface area contributed by atoms with Crippen molar-refractivity contribution in [3.05, 3.63) is 64.2 Å². The first-order valence-electron chi connectivity index (χ1n) is 8.56. The molecule has 1 aliphatic rings. The van der Waals surface area contributed by atoms with Crippen LogP contribution in [0, 0.1) is 17.2 Å². The number of nitriles is 1. The molecule has 0 bridgehead atoms. The fourth-order valence-corrected chi connectivity index (χ4v) is 4.03. The van der Waals surface area contributed by atoms with Crippen molar-refractivity contribution in [2.24, 2.45) is 5.92 Å². The van der Waals surface area contributed by atoms with Crippen LogP contribution in [-0.2, 0) is 21.4 Å². The lowest BCUT2D eigenvalue weighted by atomic mass is 9.67. The van der Waals surface area contributed by atoms with E-state index in [4.69, 9.17) is 21.1 Å². The molecule has 4 nitrogen and oxygen atoms in total. The average Bonchev–Trinajstić information content (AvgIpc) is 3.02. The standard InChI is InChI=1S/C21H20ClNO3/c1-3-26-20(24)19(13-23)21(15-4-6-16(22)7-5-15)11-10-14-12-17(25-2)8-9-18(14)21/h4-9,12,19H,3,10-11H2,1-2H3. The van der Waals surface area contributed by atoms with Gasteiger partial charge in [-0.15, -0.1) is 0 Å². The van der Waals surface area contributed by atoms with Crippen LogP contribution in [-0.4, -0.2) is 19.7 Å². The van der Waals surface area contributed by atoms with E-state index >= 15 is 0 Å². The molecule has 3 rings (SSSR count). The van der Waals surface area contributed by atoms with E-state index in [1.165, 1.54) is 0 Å². The molecule has 134 valence electrons. The van der Waals surface area contributed by atoms with Gasteiger partial charge in [-0.25, -0.2) is 0 Å². The van der Waals surface area contributed by atoms with Crippen LogP contribution < -0.4 is 4.74 Å². The SMILES string of the molecule is CCOC(=O)C(C#N)C1(c2ccc(Cl)cc2)CCc2cc(OC)ccc21. The summed E-state index contributed by atoms with van der Waals surface area (Å²) in [5.41, 5.74) is 2.20. The maximum atomic E-state index is 12.6. The Labute approximate surface area is 158 Å². The van der Waals surface area contributed by atoms with Gasteiger partial charge in [-0.05, 0) is 60.7 Å². The Morgan fingerprint density at radius 1 is 1.31 bits per heavy atom. The highest BCUT2D eigenvalue weighted by atomic mass is 35.5. The summed E-state index contributed by atoms with van der Waals surface area (Å²) in [5.74, 6) is -0.660. The molecule has 0 saturated carbocycles. The zero-order valence-electron chi connectivity index (χ0n) is 14.8. The Bertz CT molecular complexity index is 857. The molecular formula is C21H20ClNO3. The van der Waals surface area contributed by atoms with E-state index in [-0.39, 0.29) is 6.61 Å². The lowest BCUT2D eigenvalue weighted by Crippen LogP contribution is -2.39. The van der Waals surface area contributed by atoms with E-state index in [0.717, 1.165) is 28.9 Å². The maximum Gasteiger partial charge on any atom is 0.324 e. The summed E-state index contributed by atoms with van der Waals surface area (Å²) >= 11 is 6.06. The highest BCUT2D eigenvalue weighted by molar-refractivity contribution is 6.30. The lowest BCUT2D eigenvalue weighted by Gasteiger charge is -2.34. The minimum Gasteiger partial charge on any atom is -0.497 e. The number of nitrogens with zero attached hydrogens (tertiary/aromatic N) is 1. The van der Waals surface area contributed by atoms with Crippen molar-refractivity contribution in [3.8, 4) is 11.8 Å². The van der Waals surface area contributed by atoms with Crippen molar-refractivity contribution in [1.82, 2.24) is 0 Å². The second kappa shape index (κ2) is 7.39. The molecule has 0 fully saturated rings. The van der Waals surface area contributed by atoms with Crippen molar-refractivity contribution in [1.29, 1.82) is 5.26 Å². The fourth-order valence-electron chi connectivity index (χ4n) is 3.91. The predicted octanol–water partition coefficient (Wildman–Crippen LogP) is 4.28. The van der Waals surface area contributed by atoms with Crippen LogP contribution in [0.5, 0.6) is 5.75 Å². The summed E-state index contributed by atoms with van der Waals surface area (Å²) in [6.45, 7) is 1.98. The van der Waals surface area contributed by atoms with Crippen LogP contribution in [0.1, 0.15) is 30.0 Å². The van der Waals surface area contributed by atoms with Gasteiger partial charge in [-0.3, -0.25) is 4.79 Å². The van der Waals surface area contributed by atoms with Crippen LogP contribution in [0.2, 0.25) is 5.02 Å². The van der Waals surface area contributed by atoms with Crippen molar-refractivity contribution in [2.75, 3.05) is 13.7 Å². The van der Waals surface area contributed by atoms with E-state index in [1.807, 2.05) is 30.3 Å². The zero-order chi connectivity index (χ0) is 18.7. The molecule has 2 aromatic rings. The topological polar surface area (TPSA) is 59.3 Å². The van der Waals surface area contributed by atoms with Crippen molar-refractivity contribution in [2.45, 2.75) is 25.2 Å². The summed E-state index contributed by atoms with van der Waals surface area (Å²) in [7, 11) is 1.62. The van der Waals surface area contributed by atoms with Crippen molar-refractivity contribution in [3.63, 3.8) is 0 Å². The van der Waals surface area contributed by atoms with E-state index in [9.17, 15) is 10.1 Å². The Kier molecular flexibility index (Phi) is 5.20. The molecule has 2 unspecified atom stereocenters. The van der Waals surface area contributed by atoms with Crippen LogP contribution >= 0.6 is 11.6 Å². The van der Waals surface area contributed by atoms with E-state index in [1.54, 1.807) is 26.2 Å². The van der Waals surface area contributed by atoms with Gasteiger partial charge >= 0.3 is 5.97 Å². The third-order valence-electron chi connectivity index (χ3n) is 5.09. The largest absolute Gasteiger partial charge is 0.497 e. The van der Waals surface area contributed by atoms with Crippen LogP contribution in [0.4, 0.5) is 0 Å². The Balaban J connectivity index is 2.21. The summed E-state index contributed by atoms with van der Waals surface area (Å²) in [6.07, 6.45) is 1.40. The molecule has 0 spiro atoms. The fraction of sp³-hybridized carbons (Fsp3) is 0.333. The summed E-state index contributed by atoms with van der Waals surface area (Å²) in [6, 6.07) is 15.4. The van der Waals surface area contributed by atoms with Gasteiger partial charge < -0.3 is 9.47 Å². The third kappa shape index (κ3) is 2.93. The van der Waals surface area contributed by atoms with Crippen LogP contribution in [0.25, 0.3) is 0 Å². The van der Waals surface area contributed by atoms with E-state index in [2.05, 4.69) is 6.07 Å². The molecule has 1 aliphatic carbocycles. The number of carbonyl (C=O) groups excluding carboxylic acids is 1. The molecule has 26 heavy (non-hydrogen) atoms. The Hall–Kier alpha value is -2.51. The number of hydrogen-bond acceptors (Lipinski definition) is 4. The molecule has 0 saturated heterocycles. The monoisotopic (exact) mass is 369 g/mol.